The van der Waals surface area contributed by atoms with Gasteiger partial charge in [-0.3, -0.25) is 9.78 Å². The number of pyridine rings is 1. The Morgan fingerprint density at radius 1 is 1.32 bits per heavy atom. The van der Waals surface area contributed by atoms with Crippen LogP contribution >= 0.6 is 11.3 Å². The molecule has 1 saturated heterocycles. The minimum Gasteiger partial charge on any atom is -0.361 e. The Balaban J connectivity index is 1.60. The molecule has 1 aliphatic rings. The molecule has 0 saturated carbocycles. The maximum absolute atomic E-state index is 12.7. The summed E-state index contributed by atoms with van der Waals surface area (Å²) in [5.74, 6) is 0.772. The molecule has 0 bridgehead atoms. The fourth-order valence-electron chi connectivity index (χ4n) is 3.43. The number of carbonyl (C=O) groups is 1. The van der Waals surface area contributed by atoms with Crippen LogP contribution in [0, 0.1) is 13.8 Å². The largest absolute Gasteiger partial charge is 0.361 e. The molecule has 3 aromatic rings. The zero-order valence-electron chi connectivity index (χ0n) is 14.1. The fraction of sp³-hybridized carbons (Fsp3) is 0.333. The molecule has 6 nitrogen and oxygen atoms in total. The zero-order chi connectivity index (χ0) is 17.4. The van der Waals surface area contributed by atoms with Crippen LogP contribution in [0.1, 0.15) is 46.5 Å². The molecule has 0 aliphatic carbocycles. The molecule has 128 valence electrons. The van der Waals surface area contributed by atoms with Crippen LogP contribution in [-0.4, -0.2) is 32.5 Å². The highest BCUT2D eigenvalue weighted by Crippen LogP contribution is 2.33. The molecule has 25 heavy (non-hydrogen) atoms. The van der Waals surface area contributed by atoms with Gasteiger partial charge >= 0.3 is 0 Å². The van der Waals surface area contributed by atoms with E-state index in [9.17, 15) is 4.79 Å². The van der Waals surface area contributed by atoms with Crippen molar-refractivity contribution in [3.63, 3.8) is 0 Å². The smallest absolute Gasteiger partial charge is 0.273 e. The molecule has 1 unspecified atom stereocenters. The van der Waals surface area contributed by atoms with Gasteiger partial charge in [0.25, 0.3) is 5.91 Å². The van der Waals surface area contributed by atoms with Crippen molar-refractivity contribution in [3.05, 3.63) is 52.1 Å². The standard InChI is InChI=1S/C18H18N4O2S/c1-11-17(12(2)24-21-11)13-5-6-14(19-8-13)16-4-3-7-22(16)18(23)15-9-25-10-20-15/h5-6,8-10,16H,3-4,7H2,1-2H3. The summed E-state index contributed by atoms with van der Waals surface area (Å²) in [6, 6.07) is 4.03. The Bertz CT molecular complexity index is 867. The Kier molecular flexibility index (Phi) is 4.09. The van der Waals surface area contributed by atoms with Gasteiger partial charge in [-0.1, -0.05) is 11.2 Å². The highest BCUT2D eigenvalue weighted by Gasteiger charge is 2.32. The quantitative estimate of drug-likeness (QED) is 0.715. The summed E-state index contributed by atoms with van der Waals surface area (Å²) in [6.07, 6.45) is 3.74. The van der Waals surface area contributed by atoms with Crippen molar-refractivity contribution in [2.45, 2.75) is 32.7 Å². The molecule has 0 radical (unpaired) electrons. The second-order valence-corrected chi connectivity index (χ2v) is 6.92. The molecule has 4 rings (SSSR count). The van der Waals surface area contributed by atoms with Crippen LogP contribution in [-0.2, 0) is 0 Å². The van der Waals surface area contributed by atoms with Crippen LogP contribution < -0.4 is 0 Å². The van der Waals surface area contributed by atoms with E-state index >= 15 is 0 Å². The molecule has 3 aromatic heterocycles. The number of aryl methyl sites for hydroxylation is 2. The van der Waals surface area contributed by atoms with E-state index in [0.29, 0.717) is 5.69 Å². The minimum absolute atomic E-state index is 0.00733. The van der Waals surface area contributed by atoms with Crippen molar-refractivity contribution < 1.29 is 9.32 Å². The van der Waals surface area contributed by atoms with Gasteiger partial charge in [-0.25, -0.2) is 4.98 Å². The molecule has 0 aromatic carbocycles. The van der Waals surface area contributed by atoms with E-state index in [0.717, 1.165) is 47.7 Å². The van der Waals surface area contributed by atoms with Crippen molar-refractivity contribution in [1.82, 2.24) is 20.0 Å². The van der Waals surface area contributed by atoms with Crippen molar-refractivity contribution in [3.8, 4) is 11.1 Å². The molecule has 0 spiro atoms. The van der Waals surface area contributed by atoms with Crippen LogP contribution in [0.5, 0.6) is 0 Å². The molecular formula is C18H18N4O2S. The summed E-state index contributed by atoms with van der Waals surface area (Å²) in [5, 5.41) is 5.79. The first-order valence-corrected chi connectivity index (χ1v) is 9.18. The molecule has 4 heterocycles. The van der Waals surface area contributed by atoms with Crippen LogP contribution in [0.25, 0.3) is 11.1 Å². The van der Waals surface area contributed by atoms with Gasteiger partial charge in [-0.05, 0) is 32.8 Å². The first-order valence-electron chi connectivity index (χ1n) is 8.23. The van der Waals surface area contributed by atoms with Crippen molar-refractivity contribution >= 4 is 17.2 Å². The lowest BCUT2D eigenvalue weighted by molar-refractivity contribution is 0.0728. The summed E-state index contributed by atoms with van der Waals surface area (Å²) < 4.78 is 5.23. The normalized spacial score (nSPS) is 17.2. The number of hydrogen-bond acceptors (Lipinski definition) is 6. The predicted molar refractivity (Wildman–Crippen MR) is 94.3 cm³/mol. The van der Waals surface area contributed by atoms with E-state index in [2.05, 4.69) is 15.1 Å². The molecule has 1 fully saturated rings. The van der Waals surface area contributed by atoms with Gasteiger partial charge in [-0.15, -0.1) is 11.3 Å². The second kappa shape index (κ2) is 6.40. The SMILES string of the molecule is Cc1noc(C)c1-c1ccc(C2CCCN2C(=O)c2cscn2)nc1. The van der Waals surface area contributed by atoms with Gasteiger partial charge in [0.2, 0.25) is 0 Å². The van der Waals surface area contributed by atoms with Crippen molar-refractivity contribution in [1.29, 1.82) is 0 Å². The number of thiazole rings is 1. The average molecular weight is 354 g/mol. The number of hydrogen-bond donors (Lipinski definition) is 0. The van der Waals surface area contributed by atoms with E-state index in [1.54, 1.807) is 10.9 Å². The number of likely N-dealkylation sites (tertiary alicyclic amines) is 1. The van der Waals surface area contributed by atoms with Gasteiger partial charge in [0.15, 0.2) is 0 Å². The molecule has 7 heteroatoms. The van der Waals surface area contributed by atoms with E-state index < -0.39 is 0 Å². The van der Waals surface area contributed by atoms with Crippen LogP contribution in [0.15, 0.2) is 33.7 Å². The van der Waals surface area contributed by atoms with E-state index in [-0.39, 0.29) is 11.9 Å². The topological polar surface area (TPSA) is 72.1 Å². The summed E-state index contributed by atoms with van der Waals surface area (Å²) in [6.45, 7) is 4.56. The number of nitrogens with zero attached hydrogens (tertiary/aromatic N) is 4. The first kappa shape index (κ1) is 16.0. The average Bonchev–Trinajstić information content (AvgIpc) is 3.36. The predicted octanol–water partition coefficient (Wildman–Crippen LogP) is 3.79. The maximum atomic E-state index is 12.7. The molecule has 0 N–H and O–H groups in total. The number of amides is 1. The summed E-state index contributed by atoms with van der Waals surface area (Å²) in [5.41, 5.74) is 5.94. The maximum Gasteiger partial charge on any atom is 0.273 e. The van der Waals surface area contributed by atoms with E-state index in [1.807, 2.05) is 37.1 Å². The lowest BCUT2D eigenvalue weighted by Gasteiger charge is -2.23. The number of carbonyl (C=O) groups excluding carboxylic acids is 1. The van der Waals surface area contributed by atoms with Gasteiger partial charge in [0.1, 0.15) is 11.5 Å². The minimum atomic E-state index is -0.0136. The fourth-order valence-corrected chi connectivity index (χ4v) is 3.95. The van der Waals surface area contributed by atoms with Gasteiger partial charge < -0.3 is 9.42 Å². The van der Waals surface area contributed by atoms with E-state index in [4.69, 9.17) is 4.52 Å². The Morgan fingerprint density at radius 2 is 2.20 bits per heavy atom. The Hall–Kier alpha value is -2.54. The molecule has 1 aliphatic heterocycles. The third-order valence-corrected chi connectivity index (χ3v) is 5.20. The van der Waals surface area contributed by atoms with Crippen molar-refractivity contribution in [2.75, 3.05) is 6.54 Å². The Morgan fingerprint density at radius 3 is 2.84 bits per heavy atom. The third-order valence-electron chi connectivity index (χ3n) is 4.61. The summed E-state index contributed by atoms with van der Waals surface area (Å²) in [4.78, 5) is 23.3. The third kappa shape index (κ3) is 2.84. The van der Waals surface area contributed by atoms with Gasteiger partial charge in [-0.2, -0.15) is 0 Å². The first-order chi connectivity index (χ1) is 12.1. The lowest BCUT2D eigenvalue weighted by atomic mass is 10.0. The van der Waals surface area contributed by atoms with E-state index in [1.165, 1.54) is 11.3 Å². The molecule has 1 atom stereocenters. The van der Waals surface area contributed by atoms with Gasteiger partial charge in [0, 0.05) is 29.2 Å². The van der Waals surface area contributed by atoms with Crippen LogP contribution in [0.3, 0.4) is 0 Å². The number of aromatic nitrogens is 3. The van der Waals surface area contributed by atoms with Crippen LogP contribution in [0.4, 0.5) is 0 Å². The molecular weight excluding hydrogens is 336 g/mol. The lowest BCUT2D eigenvalue weighted by Crippen LogP contribution is -2.31. The molecule has 1 amide bonds. The zero-order valence-corrected chi connectivity index (χ0v) is 14.9. The number of rotatable bonds is 3. The monoisotopic (exact) mass is 354 g/mol. The van der Waals surface area contributed by atoms with Crippen LogP contribution in [0.2, 0.25) is 0 Å². The highest BCUT2D eigenvalue weighted by atomic mass is 32.1. The van der Waals surface area contributed by atoms with Gasteiger partial charge in [0.05, 0.1) is 22.9 Å². The summed E-state index contributed by atoms with van der Waals surface area (Å²) in [7, 11) is 0. The Labute approximate surface area is 149 Å². The summed E-state index contributed by atoms with van der Waals surface area (Å²) >= 11 is 1.44. The second-order valence-electron chi connectivity index (χ2n) is 6.20. The van der Waals surface area contributed by atoms with Crippen molar-refractivity contribution in [2.24, 2.45) is 0 Å². The highest BCUT2D eigenvalue weighted by molar-refractivity contribution is 7.07.